The first-order valence-corrected chi connectivity index (χ1v) is 6.78. The third kappa shape index (κ3) is 3.56. The van der Waals surface area contributed by atoms with Gasteiger partial charge in [0, 0.05) is 19.5 Å². The molecule has 0 radical (unpaired) electrons. The first-order valence-electron chi connectivity index (χ1n) is 6.78. The Labute approximate surface area is 118 Å². The summed E-state index contributed by atoms with van der Waals surface area (Å²) in [5, 5.41) is 18.6. The van der Waals surface area contributed by atoms with E-state index in [9.17, 15) is 9.90 Å². The van der Waals surface area contributed by atoms with Crippen LogP contribution in [-0.2, 0) is 16.0 Å². The maximum absolute atomic E-state index is 10.8. The largest absolute Gasteiger partial charge is 0.480 e. The summed E-state index contributed by atoms with van der Waals surface area (Å²) < 4.78 is 5.80. The van der Waals surface area contributed by atoms with E-state index in [1.165, 1.54) is 0 Å². The molecule has 20 heavy (non-hydrogen) atoms. The summed E-state index contributed by atoms with van der Waals surface area (Å²) in [4.78, 5) is 12.7. The van der Waals surface area contributed by atoms with Crippen molar-refractivity contribution in [2.45, 2.75) is 18.9 Å². The van der Waals surface area contributed by atoms with E-state index in [-0.39, 0.29) is 13.2 Å². The Balaban J connectivity index is 2.12. The zero-order chi connectivity index (χ0) is 14.6. The van der Waals surface area contributed by atoms with Gasteiger partial charge in [-0.05, 0) is 18.1 Å². The lowest BCUT2D eigenvalue weighted by Crippen LogP contribution is -2.56. The average Bonchev–Trinajstić information content (AvgIpc) is 2.41. The van der Waals surface area contributed by atoms with Crippen molar-refractivity contribution in [3.05, 3.63) is 35.4 Å². The number of aryl methyl sites for hydroxylation is 1. The van der Waals surface area contributed by atoms with Crippen LogP contribution in [0.4, 0.5) is 0 Å². The van der Waals surface area contributed by atoms with Crippen molar-refractivity contribution in [1.82, 2.24) is 4.90 Å². The van der Waals surface area contributed by atoms with E-state index >= 15 is 0 Å². The third-order valence-corrected chi connectivity index (χ3v) is 3.75. The van der Waals surface area contributed by atoms with E-state index in [2.05, 4.69) is 0 Å². The third-order valence-electron chi connectivity index (χ3n) is 3.75. The summed E-state index contributed by atoms with van der Waals surface area (Å²) in [6.45, 7) is 3.36. The van der Waals surface area contributed by atoms with Crippen molar-refractivity contribution in [1.29, 1.82) is 0 Å². The zero-order valence-corrected chi connectivity index (χ0v) is 11.7. The molecule has 0 saturated carbocycles. The molecule has 5 heteroatoms. The topological polar surface area (TPSA) is 70.0 Å². The molecule has 0 aliphatic carbocycles. The van der Waals surface area contributed by atoms with E-state index in [4.69, 9.17) is 9.84 Å². The number of benzene rings is 1. The fraction of sp³-hybridized carbons (Fsp3) is 0.533. The van der Waals surface area contributed by atoms with Crippen molar-refractivity contribution in [3.63, 3.8) is 0 Å². The molecular weight excluding hydrogens is 258 g/mol. The molecule has 1 aliphatic rings. The van der Waals surface area contributed by atoms with Gasteiger partial charge in [0.15, 0.2) is 0 Å². The molecule has 2 rings (SSSR count). The number of morpholine rings is 1. The number of aliphatic hydroxyl groups is 1. The van der Waals surface area contributed by atoms with Crippen molar-refractivity contribution in [2.75, 3.05) is 32.8 Å². The molecule has 0 aromatic heterocycles. The average molecular weight is 279 g/mol. The van der Waals surface area contributed by atoms with Gasteiger partial charge in [-0.25, -0.2) is 0 Å². The molecule has 0 unspecified atom stereocenters. The lowest BCUT2D eigenvalue weighted by molar-refractivity contribution is -0.150. The standard InChI is InChI=1S/C15H21NO4/c1-12-4-2-3-5-13(12)8-15(11-17)10-16(6-7-20-15)9-14(18)19/h2-5,17H,6-11H2,1H3,(H,18,19)/t15-/m1/s1. The molecule has 1 atom stereocenters. The van der Waals surface area contributed by atoms with Gasteiger partial charge >= 0.3 is 5.97 Å². The highest BCUT2D eigenvalue weighted by atomic mass is 16.5. The first-order chi connectivity index (χ1) is 9.54. The van der Waals surface area contributed by atoms with Gasteiger partial charge in [0.2, 0.25) is 0 Å². The number of carbonyl (C=O) groups is 1. The summed E-state index contributed by atoms with van der Waals surface area (Å²) in [6.07, 6.45) is 0.590. The number of hydrogen-bond acceptors (Lipinski definition) is 4. The van der Waals surface area contributed by atoms with E-state index < -0.39 is 11.6 Å². The van der Waals surface area contributed by atoms with Crippen LogP contribution >= 0.6 is 0 Å². The predicted molar refractivity (Wildman–Crippen MR) is 74.7 cm³/mol. The first kappa shape index (κ1) is 15.0. The van der Waals surface area contributed by atoms with Crippen LogP contribution < -0.4 is 0 Å². The van der Waals surface area contributed by atoms with Crippen molar-refractivity contribution in [2.24, 2.45) is 0 Å². The number of carboxylic acid groups (broad SMARTS) is 1. The van der Waals surface area contributed by atoms with Crippen molar-refractivity contribution >= 4 is 5.97 Å². The normalized spacial score (nSPS) is 23.7. The molecule has 0 spiro atoms. The maximum Gasteiger partial charge on any atom is 0.317 e. The van der Waals surface area contributed by atoms with Gasteiger partial charge in [-0.3, -0.25) is 9.69 Å². The van der Waals surface area contributed by atoms with Crippen molar-refractivity contribution in [3.8, 4) is 0 Å². The molecule has 1 saturated heterocycles. The number of ether oxygens (including phenoxy) is 1. The van der Waals surface area contributed by atoms with E-state index in [1.54, 1.807) is 0 Å². The monoisotopic (exact) mass is 279 g/mol. The molecular formula is C15H21NO4. The van der Waals surface area contributed by atoms with Gasteiger partial charge in [-0.2, -0.15) is 0 Å². The molecule has 1 fully saturated rings. The van der Waals surface area contributed by atoms with E-state index in [0.29, 0.717) is 26.1 Å². The smallest absolute Gasteiger partial charge is 0.317 e. The second-order valence-corrected chi connectivity index (χ2v) is 5.40. The second kappa shape index (κ2) is 6.35. The van der Waals surface area contributed by atoms with Gasteiger partial charge in [0.25, 0.3) is 0 Å². The Morgan fingerprint density at radius 1 is 1.45 bits per heavy atom. The van der Waals surface area contributed by atoms with Crippen LogP contribution in [0.5, 0.6) is 0 Å². The predicted octanol–water partition coefficient (Wildman–Crippen LogP) is 0.685. The van der Waals surface area contributed by atoms with Gasteiger partial charge in [-0.1, -0.05) is 24.3 Å². The molecule has 0 bridgehead atoms. The minimum atomic E-state index is -0.852. The molecule has 1 aliphatic heterocycles. The van der Waals surface area contributed by atoms with Gasteiger partial charge < -0.3 is 14.9 Å². The Kier molecular flexibility index (Phi) is 4.75. The molecule has 0 amide bonds. The zero-order valence-electron chi connectivity index (χ0n) is 11.7. The molecule has 1 aromatic rings. The number of nitrogens with zero attached hydrogens (tertiary/aromatic N) is 1. The summed E-state index contributed by atoms with van der Waals surface area (Å²) in [5.74, 6) is -0.852. The fourth-order valence-corrected chi connectivity index (χ4v) is 2.66. The Hall–Kier alpha value is -1.43. The van der Waals surface area contributed by atoms with Crippen LogP contribution in [0.15, 0.2) is 24.3 Å². The number of rotatable bonds is 5. The number of aliphatic hydroxyl groups excluding tert-OH is 1. The van der Waals surface area contributed by atoms with E-state index in [0.717, 1.165) is 11.1 Å². The van der Waals surface area contributed by atoms with Crippen LogP contribution in [-0.4, -0.2) is 59.5 Å². The lowest BCUT2D eigenvalue weighted by atomic mass is 9.91. The minimum absolute atomic E-state index is 0.0150. The van der Waals surface area contributed by atoms with Crippen LogP contribution in [0, 0.1) is 6.92 Å². The number of carboxylic acids is 1. The van der Waals surface area contributed by atoms with Crippen LogP contribution in [0.25, 0.3) is 0 Å². The highest BCUT2D eigenvalue weighted by Gasteiger charge is 2.37. The van der Waals surface area contributed by atoms with Gasteiger partial charge in [0.05, 0.1) is 19.8 Å². The Bertz CT molecular complexity index is 477. The number of hydrogen-bond donors (Lipinski definition) is 2. The maximum atomic E-state index is 10.8. The Morgan fingerprint density at radius 3 is 2.85 bits per heavy atom. The van der Waals surface area contributed by atoms with E-state index in [1.807, 2.05) is 36.1 Å². The highest BCUT2D eigenvalue weighted by Crippen LogP contribution is 2.24. The number of aliphatic carboxylic acids is 1. The Morgan fingerprint density at radius 2 is 2.20 bits per heavy atom. The molecule has 2 N–H and O–H groups in total. The quantitative estimate of drug-likeness (QED) is 0.829. The van der Waals surface area contributed by atoms with Gasteiger partial charge in [-0.15, -0.1) is 0 Å². The van der Waals surface area contributed by atoms with Gasteiger partial charge in [0.1, 0.15) is 5.60 Å². The van der Waals surface area contributed by atoms with Crippen LogP contribution in [0.2, 0.25) is 0 Å². The summed E-state index contributed by atoms with van der Waals surface area (Å²) >= 11 is 0. The lowest BCUT2D eigenvalue weighted by Gasteiger charge is -2.41. The molecule has 1 aromatic carbocycles. The van der Waals surface area contributed by atoms with Crippen molar-refractivity contribution < 1.29 is 19.7 Å². The molecule has 5 nitrogen and oxygen atoms in total. The highest BCUT2D eigenvalue weighted by molar-refractivity contribution is 5.69. The SMILES string of the molecule is Cc1ccccc1C[C@]1(CO)CN(CC(=O)O)CCO1. The summed E-state index contributed by atoms with van der Waals surface area (Å²) in [5.41, 5.74) is 1.57. The molecule has 1 heterocycles. The second-order valence-electron chi connectivity index (χ2n) is 5.40. The van der Waals surface area contributed by atoms with Crippen LogP contribution in [0.1, 0.15) is 11.1 Å². The van der Waals surface area contributed by atoms with Crippen LogP contribution in [0.3, 0.4) is 0 Å². The fourth-order valence-electron chi connectivity index (χ4n) is 2.66. The molecule has 110 valence electrons. The summed E-state index contributed by atoms with van der Waals surface area (Å²) in [7, 11) is 0. The summed E-state index contributed by atoms with van der Waals surface area (Å²) in [6, 6.07) is 7.98. The minimum Gasteiger partial charge on any atom is -0.480 e.